The maximum atomic E-state index is 12.0. The fourth-order valence-electron chi connectivity index (χ4n) is 3.58. The summed E-state index contributed by atoms with van der Waals surface area (Å²) in [7, 11) is 0. The van der Waals surface area contributed by atoms with E-state index in [1.165, 1.54) is 0 Å². The Morgan fingerprint density at radius 2 is 1.69 bits per heavy atom. The fourth-order valence-corrected chi connectivity index (χ4v) is 3.58. The van der Waals surface area contributed by atoms with Gasteiger partial charge in [-0.05, 0) is 48.4 Å². The lowest BCUT2D eigenvalue weighted by molar-refractivity contribution is 0.0462. The van der Waals surface area contributed by atoms with Crippen molar-refractivity contribution in [1.82, 2.24) is 9.97 Å². The highest BCUT2D eigenvalue weighted by Gasteiger charge is 2.16. The third-order valence-corrected chi connectivity index (χ3v) is 5.32. The van der Waals surface area contributed by atoms with Crippen molar-refractivity contribution in [1.29, 1.82) is 0 Å². The number of hydrogen-bond donors (Lipinski definition) is 0. The number of fused-ring (bicyclic) bond motifs is 2. The van der Waals surface area contributed by atoms with Crippen molar-refractivity contribution in [2.45, 2.75) is 26.6 Å². The number of hydrogen-bond acceptors (Lipinski definition) is 7. The van der Waals surface area contributed by atoms with E-state index in [0.717, 1.165) is 34.3 Å². The van der Waals surface area contributed by atoms with E-state index in [4.69, 9.17) is 18.6 Å². The second-order valence-corrected chi connectivity index (χ2v) is 8.00. The highest BCUT2D eigenvalue weighted by atomic mass is 16.5. The standard InChI is InChI=1S/C28H24N2O5/c1-2-14-32-28(31)27-30-25-16-23(12-13-26(25)35-27)33-17-19-6-5-8-22(15-19)34-18-21-11-10-20-7-3-4-9-24(20)29-21/h3-13,15-16H,2,14,17-18H2,1H3. The van der Waals surface area contributed by atoms with Gasteiger partial charge in [-0.15, -0.1) is 0 Å². The van der Waals surface area contributed by atoms with Gasteiger partial charge in [0.15, 0.2) is 5.58 Å². The number of pyridine rings is 1. The minimum Gasteiger partial charge on any atom is -0.489 e. The average molecular weight is 469 g/mol. The van der Waals surface area contributed by atoms with Crippen LogP contribution in [0.3, 0.4) is 0 Å². The van der Waals surface area contributed by atoms with E-state index in [9.17, 15) is 4.79 Å². The molecule has 0 saturated carbocycles. The van der Waals surface area contributed by atoms with E-state index >= 15 is 0 Å². The van der Waals surface area contributed by atoms with Crippen molar-refractivity contribution in [2.24, 2.45) is 0 Å². The van der Waals surface area contributed by atoms with Gasteiger partial charge in [0.25, 0.3) is 0 Å². The lowest BCUT2D eigenvalue weighted by Crippen LogP contribution is -2.05. The summed E-state index contributed by atoms with van der Waals surface area (Å²) in [5.74, 6) is 0.729. The smallest absolute Gasteiger partial charge is 0.394 e. The molecule has 5 aromatic rings. The average Bonchev–Trinajstić information content (AvgIpc) is 3.33. The Kier molecular flexibility index (Phi) is 6.57. The van der Waals surface area contributed by atoms with E-state index in [2.05, 4.69) is 9.97 Å². The maximum Gasteiger partial charge on any atom is 0.394 e. The van der Waals surface area contributed by atoms with Crippen molar-refractivity contribution in [2.75, 3.05) is 6.61 Å². The van der Waals surface area contributed by atoms with Gasteiger partial charge < -0.3 is 18.6 Å². The van der Waals surface area contributed by atoms with Crippen LogP contribution in [0.15, 0.2) is 83.3 Å². The van der Waals surface area contributed by atoms with Gasteiger partial charge in [-0.2, -0.15) is 0 Å². The summed E-state index contributed by atoms with van der Waals surface area (Å²) in [6.07, 6.45) is 0.733. The Labute approximate surface area is 202 Å². The number of carbonyl (C=O) groups excluding carboxylic acids is 1. The predicted molar refractivity (Wildman–Crippen MR) is 131 cm³/mol. The highest BCUT2D eigenvalue weighted by molar-refractivity contribution is 5.88. The molecule has 0 N–H and O–H groups in total. The quantitative estimate of drug-likeness (QED) is 0.242. The van der Waals surface area contributed by atoms with Crippen LogP contribution in [0.5, 0.6) is 11.5 Å². The molecule has 0 aliphatic heterocycles. The van der Waals surface area contributed by atoms with Crippen LogP contribution in [0.4, 0.5) is 0 Å². The van der Waals surface area contributed by atoms with Crippen molar-refractivity contribution in [3.05, 3.63) is 96.0 Å². The monoisotopic (exact) mass is 468 g/mol. The summed E-state index contributed by atoms with van der Waals surface area (Å²) in [6.45, 7) is 2.97. The SMILES string of the molecule is CCCOC(=O)c1nc2cc(OCc3cccc(OCc4ccc5ccccc5n4)c3)ccc2o1. The third kappa shape index (κ3) is 5.41. The Hall–Kier alpha value is -4.39. The van der Waals surface area contributed by atoms with Gasteiger partial charge in [-0.25, -0.2) is 14.8 Å². The molecule has 2 aromatic heterocycles. The number of carbonyl (C=O) groups is 1. The molecular formula is C28H24N2O5. The number of esters is 1. The summed E-state index contributed by atoms with van der Waals surface area (Å²) >= 11 is 0. The largest absolute Gasteiger partial charge is 0.489 e. The lowest BCUT2D eigenvalue weighted by atomic mass is 10.2. The molecule has 7 nitrogen and oxygen atoms in total. The minimum absolute atomic E-state index is 0.0589. The molecule has 0 unspecified atom stereocenters. The molecule has 0 saturated heterocycles. The van der Waals surface area contributed by atoms with Gasteiger partial charge in [-0.3, -0.25) is 0 Å². The van der Waals surface area contributed by atoms with Crippen LogP contribution in [-0.2, 0) is 18.0 Å². The van der Waals surface area contributed by atoms with Crippen LogP contribution in [-0.4, -0.2) is 22.5 Å². The van der Waals surface area contributed by atoms with Crippen LogP contribution in [0.25, 0.3) is 22.0 Å². The summed E-state index contributed by atoms with van der Waals surface area (Å²) in [5, 5.41) is 1.10. The number of oxazole rings is 1. The number of ether oxygens (including phenoxy) is 3. The number of benzene rings is 3. The lowest BCUT2D eigenvalue weighted by Gasteiger charge is -2.10. The highest BCUT2D eigenvalue weighted by Crippen LogP contribution is 2.24. The van der Waals surface area contributed by atoms with Gasteiger partial charge in [0, 0.05) is 11.5 Å². The molecule has 0 bridgehead atoms. The molecule has 176 valence electrons. The van der Waals surface area contributed by atoms with Crippen LogP contribution >= 0.6 is 0 Å². The van der Waals surface area contributed by atoms with Gasteiger partial charge in [0.1, 0.15) is 30.2 Å². The topological polar surface area (TPSA) is 83.7 Å². The normalized spacial score (nSPS) is 11.0. The molecular weight excluding hydrogens is 444 g/mol. The van der Waals surface area contributed by atoms with Crippen LogP contribution in [0.1, 0.15) is 35.3 Å². The van der Waals surface area contributed by atoms with E-state index in [1.54, 1.807) is 18.2 Å². The Morgan fingerprint density at radius 1 is 0.829 bits per heavy atom. The molecule has 0 aliphatic carbocycles. The van der Waals surface area contributed by atoms with Gasteiger partial charge in [0.2, 0.25) is 0 Å². The molecule has 2 heterocycles. The van der Waals surface area contributed by atoms with E-state index in [-0.39, 0.29) is 5.89 Å². The Balaban J connectivity index is 1.21. The first kappa shape index (κ1) is 22.4. The van der Waals surface area contributed by atoms with Gasteiger partial charge >= 0.3 is 11.9 Å². The summed E-state index contributed by atoms with van der Waals surface area (Å²) in [6, 6.07) is 25.0. The van der Waals surface area contributed by atoms with Crippen molar-refractivity contribution < 1.29 is 23.4 Å². The summed E-state index contributed by atoms with van der Waals surface area (Å²) in [5.41, 5.74) is 3.80. The summed E-state index contributed by atoms with van der Waals surface area (Å²) in [4.78, 5) is 20.8. The third-order valence-electron chi connectivity index (χ3n) is 5.32. The molecule has 5 rings (SSSR count). The van der Waals surface area contributed by atoms with Crippen LogP contribution in [0.2, 0.25) is 0 Å². The number of nitrogens with zero attached hydrogens (tertiary/aromatic N) is 2. The van der Waals surface area contributed by atoms with Gasteiger partial charge in [0.05, 0.1) is 17.8 Å². The van der Waals surface area contributed by atoms with Crippen LogP contribution in [0, 0.1) is 0 Å². The molecule has 0 atom stereocenters. The van der Waals surface area contributed by atoms with E-state index < -0.39 is 5.97 Å². The molecule has 0 fully saturated rings. The molecule has 0 aliphatic rings. The zero-order valence-electron chi connectivity index (χ0n) is 19.3. The number of rotatable bonds is 9. The molecule has 0 radical (unpaired) electrons. The zero-order chi connectivity index (χ0) is 24.0. The molecule has 7 heteroatoms. The minimum atomic E-state index is -0.568. The van der Waals surface area contributed by atoms with Crippen molar-refractivity contribution in [3.8, 4) is 11.5 Å². The Morgan fingerprint density at radius 3 is 2.60 bits per heavy atom. The fraction of sp³-hybridized carbons (Fsp3) is 0.179. The van der Waals surface area contributed by atoms with E-state index in [0.29, 0.717) is 36.7 Å². The second-order valence-electron chi connectivity index (χ2n) is 8.00. The molecule has 3 aromatic carbocycles. The van der Waals surface area contributed by atoms with E-state index in [1.807, 2.05) is 67.6 Å². The first-order chi connectivity index (χ1) is 17.2. The first-order valence-corrected chi connectivity index (χ1v) is 11.4. The maximum absolute atomic E-state index is 12.0. The second kappa shape index (κ2) is 10.3. The van der Waals surface area contributed by atoms with Crippen molar-refractivity contribution in [3.63, 3.8) is 0 Å². The van der Waals surface area contributed by atoms with Crippen molar-refractivity contribution >= 4 is 28.0 Å². The first-order valence-electron chi connectivity index (χ1n) is 11.4. The van der Waals surface area contributed by atoms with Crippen LogP contribution < -0.4 is 9.47 Å². The zero-order valence-corrected chi connectivity index (χ0v) is 19.3. The molecule has 0 spiro atoms. The predicted octanol–water partition coefficient (Wildman–Crippen LogP) is 6.10. The number of para-hydroxylation sites is 1. The summed E-state index contributed by atoms with van der Waals surface area (Å²) < 4.78 is 22.5. The number of aromatic nitrogens is 2. The molecule has 35 heavy (non-hydrogen) atoms. The van der Waals surface area contributed by atoms with Gasteiger partial charge in [-0.1, -0.05) is 43.3 Å². The molecule has 0 amide bonds. The Bertz CT molecular complexity index is 1480.